The molecule has 0 saturated carbocycles. The largest absolute Gasteiger partial charge is 0.481 e. The molecule has 1 heterocycles. The first-order chi connectivity index (χ1) is 14.5. The minimum absolute atomic E-state index is 0.0326. The number of hydrogen-bond acceptors (Lipinski definition) is 7. The summed E-state index contributed by atoms with van der Waals surface area (Å²) in [6.07, 6.45) is 1.16. The molecule has 0 aliphatic heterocycles. The van der Waals surface area contributed by atoms with E-state index in [0.717, 1.165) is 6.33 Å². The minimum Gasteiger partial charge on any atom is -0.481 e. The van der Waals surface area contributed by atoms with Gasteiger partial charge in [-0.05, 0) is 61.4 Å². The number of aryl methyl sites for hydroxylation is 2. The molecule has 0 atom stereocenters. The highest BCUT2D eigenvalue weighted by atomic mass is 35.5. The number of sulfonamides is 2. The van der Waals surface area contributed by atoms with Crippen LogP contribution in [0.4, 0.5) is 11.5 Å². The third kappa shape index (κ3) is 5.24. The zero-order chi connectivity index (χ0) is 22.8. The molecule has 0 fully saturated rings. The molecule has 1 aromatic heterocycles. The molecule has 12 heteroatoms. The van der Waals surface area contributed by atoms with Gasteiger partial charge < -0.3 is 4.74 Å². The van der Waals surface area contributed by atoms with Crippen LogP contribution >= 0.6 is 11.6 Å². The molecule has 0 unspecified atom stereocenters. The van der Waals surface area contributed by atoms with Gasteiger partial charge in [0, 0.05) is 16.8 Å². The molecule has 0 saturated heterocycles. The Labute approximate surface area is 185 Å². The second-order valence-corrected chi connectivity index (χ2v) is 10.3. The summed E-state index contributed by atoms with van der Waals surface area (Å²) in [5.74, 6) is 0.232. The van der Waals surface area contributed by atoms with Crippen LogP contribution in [0.1, 0.15) is 11.1 Å². The molecule has 0 bridgehead atoms. The molecule has 31 heavy (non-hydrogen) atoms. The van der Waals surface area contributed by atoms with Crippen molar-refractivity contribution in [2.24, 2.45) is 0 Å². The number of benzene rings is 2. The van der Waals surface area contributed by atoms with Gasteiger partial charge in [0.1, 0.15) is 12.1 Å². The molecule has 0 aliphatic carbocycles. The molecule has 9 nitrogen and oxygen atoms in total. The van der Waals surface area contributed by atoms with E-state index >= 15 is 0 Å². The maximum atomic E-state index is 12.8. The first-order valence-electron chi connectivity index (χ1n) is 8.80. The van der Waals surface area contributed by atoms with Crippen LogP contribution in [0, 0.1) is 13.8 Å². The molecule has 3 aromatic rings. The SMILES string of the molecule is COc1cc(NS(=O)(=O)c2ccc(NS(=O)(=O)c3cc(C)c(Cl)cc3C)cc2)ncn1. The fourth-order valence-electron chi connectivity index (χ4n) is 2.66. The van der Waals surface area contributed by atoms with Gasteiger partial charge in [0.25, 0.3) is 20.0 Å². The highest BCUT2D eigenvalue weighted by molar-refractivity contribution is 7.93. The maximum absolute atomic E-state index is 12.8. The summed E-state index contributed by atoms with van der Waals surface area (Å²) in [7, 11) is -6.45. The van der Waals surface area contributed by atoms with Gasteiger partial charge in [0.15, 0.2) is 0 Å². The summed E-state index contributed by atoms with van der Waals surface area (Å²) >= 11 is 6.04. The Bertz CT molecular complexity index is 1330. The van der Waals surface area contributed by atoms with Crippen molar-refractivity contribution >= 4 is 43.2 Å². The van der Waals surface area contributed by atoms with Crippen LogP contribution in [-0.4, -0.2) is 33.9 Å². The summed E-state index contributed by atoms with van der Waals surface area (Å²) in [5.41, 5.74) is 1.32. The average Bonchev–Trinajstić information content (AvgIpc) is 2.70. The highest BCUT2D eigenvalue weighted by Crippen LogP contribution is 2.26. The summed E-state index contributed by atoms with van der Waals surface area (Å²) in [5, 5.41) is 0.472. The zero-order valence-electron chi connectivity index (χ0n) is 16.7. The summed E-state index contributed by atoms with van der Waals surface area (Å²) in [6.45, 7) is 3.35. The Morgan fingerprint density at radius 1 is 0.871 bits per heavy atom. The number of halogens is 1. The monoisotopic (exact) mass is 482 g/mol. The standard InChI is InChI=1S/C19H19ClN4O5S2/c1-12-9-17(13(2)8-16(12)20)31(27,28)23-14-4-6-15(7-5-14)30(25,26)24-18-10-19(29-3)22-11-21-18/h4-11,23H,1-3H3,(H,21,22,24). The molecule has 0 amide bonds. The summed E-state index contributed by atoms with van der Waals surface area (Å²) in [6, 6.07) is 9.65. The number of methoxy groups -OCH3 is 1. The van der Waals surface area contributed by atoms with Gasteiger partial charge in [0.2, 0.25) is 5.88 Å². The third-order valence-corrected chi connectivity index (χ3v) is 7.55. The predicted octanol–water partition coefficient (Wildman–Crippen LogP) is 3.36. The lowest BCUT2D eigenvalue weighted by atomic mass is 10.2. The number of anilines is 2. The first-order valence-corrected chi connectivity index (χ1v) is 12.1. The van der Waals surface area contributed by atoms with Crippen molar-refractivity contribution in [2.45, 2.75) is 23.6 Å². The molecule has 0 radical (unpaired) electrons. The van der Waals surface area contributed by atoms with E-state index in [2.05, 4.69) is 19.4 Å². The van der Waals surface area contributed by atoms with E-state index in [-0.39, 0.29) is 27.2 Å². The third-order valence-electron chi connectivity index (χ3n) is 4.25. The van der Waals surface area contributed by atoms with E-state index in [1.807, 2.05) is 0 Å². The number of nitrogens with zero attached hydrogens (tertiary/aromatic N) is 2. The van der Waals surface area contributed by atoms with Crippen LogP contribution in [0.2, 0.25) is 5.02 Å². The molecule has 2 aromatic carbocycles. The molecule has 0 aliphatic rings. The molecule has 2 N–H and O–H groups in total. The lowest BCUT2D eigenvalue weighted by molar-refractivity contribution is 0.397. The number of aromatic nitrogens is 2. The van der Waals surface area contributed by atoms with Crippen molar-refractivity contribution in [2.75, 3.05) is 16.6 Å². The Hall–Kier alpha value is -2.89. The number of hydrogen-bond donors (Lipinski definition) is 2. The number of nitrogens with one attached hydrogen (secondary N) is 2. The van der Waals surface area contributed by atoms with Gasteiger partial charge in [-0.3, -0.25) is 9.44 Å². The maximum Gasteiger partial charge on any atom is 0.263 e. The zero-order valence-corrected chi connectivity index (χ0v) is 19.1. The van der Waals surface area contributed by atoms with Crippen molar-refractivity contribution in [1.29, 1.82) is 0 Å². The minimum atomic E-state index is -3.96. The van der Waals surface area contributed by atoms with Crippen molar-refractivity contribution in [1.82, 2.24) is 9.97 Å². The Morgan fingerprint density at radius 2 is 1.55 bits per heavy atom. The fourth-order valence-corrected chi connectivity index (χ4v) is 5.25. The van der Waals surface area contributed by atoms with Crippen LogP contribution in [0.3, 0.4) is 0 Å². The van der Waals surface area contributed by atoms with Gasteiger partial charge in [-0.1, -0.05) is 11.6 Å². The quantitative estimate of drug-likeness (QED) is 0.528. The molecule has 3 rings (SSSR count). The van der Waals surface area contributed by atoms with Gasteiger partial charge >= 0.3 is 0 Å². The first kappa shape index (κ1) is 22.8. The van der Waals surface area contributed by atoms with E-state index in [1.165, 1.54) is 43.5 Å². The van der Waals surface area contributed by atoms with Crippen LogP contribution < -0.4 is 14.2 Å². The topological polar surface area (TPSA) is 127 Å². The van der Waals surface area contributed by atoms with E-state index < -0.39 is 20.0 Å². The fraction of sp³-hybridized carbons (Fsp3) is 0.158. The summed E-state index contributed by atoms with van der Waals surface area (Å²) < 4.78 is 60.3. The van der Waals surface area contributed by atoms with Crippen LogP contribution in [-0.2, 0) is 20.0 Å². The molecular weight excluding hydrogens is 464 g/mol. The number of rotatable bonds is 7. The van der Waals surface area contributed by atoms with Crippen LogP contribution in [0.15, 0.2) is 58.6 Å². The smallest absolute Gasteiger partial charge is 0.263 e. The average molecular weight is 483 g/mol. The van der Waals surface area contributed by atoms with Crippen molar-refractivity contribution in [3.63, 3.8) is 0 Å². The second kappa shape index (κ2) is 8.69. The van der Waals surface area contributed by atoms with Crippen LogP contribution in [0.5, 0.6) is 5.88 Å². The molecule has 164 valence electrons. The van der Waals surface area contributed by atoms with E-state index in [9.17, 15) is 16.8 Å². The Balaban J connectivity index is 1.81. The molecular formula is C19H19ClN4O5S2. The summed E-state index contributed by atoms with van der Waals surface area (Å²) in [4.78, 5) is 7.65. The van der Waals surface area contributed by atoms with Gasteiger partial charge in [0.05, 0.1) is 16.9 Å². The van der Waals surface area contributed by atoms with E-state index in [1.54, 1.807) is 19.9 Å². The van der Waals surface area contributed by atoms with Crippen molar-refractivity contribution in [3.05, 3.63) is 64.9 Å². The van der Waals surface area contributed by atoms with Crippen molar-refractivity contribution in [3.8, 4) is 5.88 Å². The molecule has 0 spiro atoms. The van der Waals surface area contributed by atoms with Gasteiger partial charge in [-0.15, -0.1) is 0 Å². The van der Waals surface area contributed by atoms with E-state index in [0.29, 0.717) is 16.1 Å². The van der Waals surface area contributed by atoms with Gasteiger partial charge in [-0.25, -0.2) is 26.8 Å². The Kier molecular flexibility index (Phi) is 6.39. The Morgan fingerprint density at radius 3 is 2.19 bits per heavy atom. The normalized spacial score (nSPS) is 11.7. The van der Waals surface area contributed by atoms with Gasteiger partial charge in [-0.2, -0.15) is 0 Å². The lowest BCUT2D eigenvalue weighted by Crippen LogP contribution is -2.16. The van der Waals surface area contributed by atoms with E-state index in [4.69, 9.17) is 16.3 Å². The lowest BCUT2D eigenvalue weighted by Gasteiger charge is -2.13. The predicted molar refractivity (Wildman–Crippen MR) is 118 cm³/mol. The second-order valence-electron chi connectivity index (χ2n) is 6.55. The van der Waals surface area contributed by atoms with Crippen LogP contribution in [0.25, 0.3) is 0 Å². The highest BCUT2D eigenvalue weighted by Gasteiger charge is 2.20. The number of ether oxygens (including phenoxy) is 1. The van der Waals surface area contributed by atoms with Crippen molar-refractivity contribution < 1.29 is 21.6 Å².